The van der Waals surface area contributed by atoms with E-state index in [0.29, 0.717) is 23.9 Å². The minimum Gasteiger partial charge on any atom is -0.480 e. The van der Waals surface area contributed by atoms with E-state index in [1.165, 1.54) is 11.8 Å². The van der Waals surface area contributed by atoms with Crippen LogP contribution in [0.2, 0.25) is 0 Å². The third-order valence-electron chi connectivity index (χ3n) is 1.65. The van der Waals surface area contributed by atoms with Crippen molar-refractivity contribution in [2.45, 2.75) is 18.7 Å². The van der Waals surface area contributed by atoms with E-state index in [1.807, 2.05) is 0 Å². The second-order valence-corrected chi connectivity index (χ2v) is 3.95. The zero-order valence-electron chi connectivity index (χ0n) is 8.54. The molecule has 1 atom stereocenters. The smallest absolute Gasteiger partial charge is 0.327 e. The van der Waals surface area contributed by atoms with Crippen LogP contribution in [0.25, 0.3) is 0 Å². The van der Waals surface area contributed by atoms with Gasteiger partial charge in [-0.25, -0.2) is 4.79 Å². The number of rotatable bonds is 7. The summed E-state index contributed by atoms with van der Waals surface area (Å²) in [4.78, 5) is 24.7. The van der Waals surface area contributed by atoms with Gasteiger partial charge in [0, 0.05) is 12.7 Å². The van der Waals surface area contributed by atoms with Crippen LogP contribution in [0.1, 0.15) is 11.7 Å². The summed E-state index contributed by atoms with van der Waals surface area (Å²) in [5.74, 6) is 0.613. The number of hydrogen-bond donors (Lipinski definition) is 2. The van der Waals surface area contributed by atoms with E-state index in [2.05, 4.69) is 15.5 Å². The highest BCUT2D eigenvalue weighted by Crippen LogP contribution is 2.10. The highest BCUT2D eigenvalue weighted by molar-refractivity contribution is 7.98. The number of hydrogen-bond acceptors (Lipinski definition) is 6. The molecular weight excluding hydrogens is 234 g/mol. The second-order valence-electron chi connectivity index (χ2n) is 2.92. The van der Waals surface area contributed by atoms with Crippen LogP contribution in [0.15, 0.2) is 4.52 Å². The molecule has 0 spiro atoms. The van der Waals surface area contributed by atoms with E-state index in [4.69, 9.17) is 9.63 Å². The van der Waals surface area contributed by atoms with Crippen molar-refractivity contribution in [3.63, 3.8) is 0 Å². The second kappa shape index (κ2) is 6.11. The summed E-state index contributed by atoms with van der Waals surface area (Å²) >= 11 is 1.31. The van der Waals surface area contributed by atoms with Crippen LogP contribution in [0.5, 0.6) is 0 Å². The number of aliphatic carboxylic acids is 1. The van der Waals surface area contributed by atoms with Gasteiger partial charge in [-0.15, -0.1) is 0 Å². The molecule has 1 aromatic rings. The Balaban J connectivity index is 2.33. The Morgan fingerprint density at radius 3 is 3.00 bits per heavy atom. The fourth-order valence-corrected chi connectivity index (χ4v) is 1.83. The van der Waals surface area contributed by atoms with Crippen molar-refractivity contribution in [2.75, 3.05) is 5.75 Å². The maximum atomic E-state index is 10.7. The summed E-state index contributed by atoms with van der Waals surface area (Å²) in [5, 5.41) is 14.6. The van der Waals surface area contributed by atoms with Crippen molar-refractivity contribution in [3.8, 4) is 0 Å². The third kappa shape index (κ3) is 3.89. The molecule has 7 nitrogen and oxygen atoms in total. The lowest BCUT2D eigenvalue weighted by Gasteiger charge is -2.09. The van der Waals surface area contributed by atoms with E-state index in [1.54, 1.807) is 6.92 Å². The van der Waals surface area contributed by atoms with Gasteiger partial charge >= 0.3 is 5.97 Å². The molecule has 0 saturated carbocycles. The minimum absolute atomic E-state index is 0.252. The number of nitrogens with one attached hydrogen (secondary N) is 1. The van der Waals surface area contributed by atoms with Gasteiger partial charge in [-0.1, -0.05) is 5.16 Å². The molecule has 2 N–H and O–H groups in total. The predicted molar refractivity (Wildman–Crippen MR) is 55.8 cm³/mol. The fraction of sp³-hybridized carbons (Fsp3) is 0.500. The van der Waals surface area contributed by atoms with Gasteiger partial charge in [0.2, 0.25) is 12.3 Å². The number of nitrogens with zero attached hydrogens (tertiary/aromatic N) is 2. The Bertz CT molecular complexity index is 368. The highest BCUT2D eigenvalue weighted by atomic mass is 32.2. The van der Waals surface area contributed by atoms with Crippen LogP contribution >= 0.6 is 11.8 Å². The number of aromatic nitrogens is 2. The van der Waals surface area contributed by atoms with Crippen molar-refractivity contribution in [1.82, 2.24) is 15.5 Å². The Kier molecular flexibility index (Phi) is 4.77. The molecule has 1 amide bonds. The summed E-state index contributed by atoms with van der Waals surface area (Å²) in [6, 6.07) is -0.893. The summed E-state index contributed by atoms with van der Waals surface area (Å²) in [6.45, 7) is 1.68. The number of carboxylic acids is 1. The number of amides is 1. The number of carbonyl (C=O) groups is 2. The topological polar surface area (TPSA) is 105 Å². The van der Waals surface area contributed by atoms with Gasteiger partial charge in [0.15, 0.2) is 5.82 Å². The molecule has 0 saturated heterocycles. The van der Waals surface area contributed by atoms with E-state index in [9.17, 15) is 9.59 Å². The standard InChI is InChI=1S/C8H11N3O4S/c1-5-10-7(11-15-5)3-16-2-6(8(13)14)9-4-12/h4,6H,2-3H2,1H3,(H,9,12)(H,13,14). The number of carboxylic acid groups (broad SMARTS) is 1. The Morgan fingerprint density at radius 1 is 1.75 bits per heavy atom. The number of thioether (sulfide) groups is 1. The van der Waals surface area contributed by atoms with Gasteiger partial charge in [-0.3, -0.25) is 4.79 Å². The van der Waals surface area contributed by atoms with Crippen LogP contribution < -0.4 is 5.32 Å². The summed E-state index contributed by atoms with van der Waals surface area (Å²) in [5.41, 5.74) is 0. The monoisotopic (exact) mass is 245 g/mol. The lowest BCUT2D eigenvalue weighted by molar-refractivity contribution is -0.139. The molecule has 0 bridgehead atoms. The zero-order chi connectivity index (χ0) is 12.0. The van der Waals surface area contributed by atoms with Gasteiger partial charge in [0.1, 0.15) is 6.04 Å². The maximum absolute atomic E-state index is 10.7. The lowest BCUT2D eigenvalue weighted by atomic mass is 10.3. The van der Waals surface area contributed by atoms with Crippen molar-refractivity contribution in [1.29, 1.82) is 0 Å². The number of aryl methyl sites for hydroxylation is 1. The van der Waals surface area contributed by atoms with Gasteiger partial charge < -0.3 is 14.9 Å². The first-order valence-corrected chi connectivity index (χ1v) is 5.58. The molecule has 0 aliphatic carbocycles. The molecule has 0 aliphatic heterocycles. The molecule has 0 aliphatic rings. The quantitative estimate of drug-likeness (QED) is 0.641. The predicted octanol–water partition coefficient (Wildman–Crippen LogP) is -0.190. The summed E-state index contributed by atoms with van der Waals surface area (Å²) in [6.07, 6.45) is 0.373. The number of carbonyl (C=O) groups excluding carboxylic acids is 1. The first-order chi connectivity index (χ1) is 7.63. The first-order valence-electron chi connectivity index (χ1n) is 4.43. The van der Waals surface area contributed by atoms with Gasteiger partial charge in [0.05, 0.1) is 5.75 Å². The summed E-state index contributed by atoms with van der Waals surface area (Å²) < 4.78 is 4.75. The molecular formula is C8H11N3O4S. The van der Waals surface area contributed by atoms with Crippen molar-refractivity contribution < 1.29 is 19.2 Å². The van der Waals surface area contributed by atoms with Crippen molar-refractivity contribution >= 4 is 24.1 Å². The van der Waals surface area contributed by atoms with Crippen LogP contribution in [0.3, 0.4) is 0 Å². The van der Waals surface area contributed by atoms with Crippen LogP contribution in [0.4, 0.5) is 0 Å². The summed E-state index contributed by atoms with van der Waals surface area (Å²) in [7, 11) is 0. The molecule has 1 heterocycles. The van der Waals surface area contributed by atoms with E-state index < -0.39 is 12.0 Å². The normalized spacial score (nSPS) is 12.1. The Hall–Kier alpha value is -1.57. The SMILES string of the molecule is Cc1nc(CSCC(NC=O)C(=O)O)no1. The van der Waals surface area contributed by atoms with E-state index in [-0.39, 0.29) is 5.75 Å². The molecule has 1 aromatic heterocycles. The van der Waals surface area contributed by atoms with Crippen LogP contribution in [0, 0.1) is 6.92 Å². The molecule has 88 valence electrons. The molecule has 16 heavy (non-hydrogen) atoms. The van der Waals surface area contributed by atoms with Crippen molar-refractivity contribution in [3.05, 3.63) is 11.7 Å². The van der Waals surface area contributed by atoms with Crippen LogP contribution in [-0.4, -0.2) is 39.4 Å². The maximum Gasteiger partial charge on any atom is 0.327 e. The molecule has 0 radical (unpaired) electrons. The average Bonchev–Trinajstić information content (AvgIpc) is 2.63. The zero-order valence-corrected chi connectivity index (χ0v) is 9.36. The molecule has 1 unspecified atom stereocenters. The van der Waals surface area contributed by atoms with Crippen molar-refractivity contribution in [2.24, 2.45) is 0 Å². The molecule has 1 rings (SSSR count). The van der Waals surface area contributed by atoms with E-state index in [0.717, 1.165) is 0 Å². The molecule has 0 fully saturated rings. The lowest BCUT2D eigenvalue weighted by Crippen LogP contribution is -2.37. The van der Waals surface area contributed by atoms with Gasteiger partial charge in [-0.05, 0) is 0 Å². The minimum atomic E-state index is -1.07. The Morgan fingerprint density at radius 2 is 2.50 bits per heavy atom. The fourth-order valence-electron chi connectivity index (χ4n) is 0.941. The largest absolute Gasteiger partial charge is 0.480 e. The van der Waals surface area contributed by atoms with Gasteiger partial charge in [-0.2, -0.15) is 16.7 Å². The van der Waals surface area contributed by atoms with E-state index >= 15 is 0 Å². The molecule has 8 heteroatoms. The Labute approximate surface area is 95.6 Å². The van der Waals surface area contributed by atoms with Gasteiger partial charge in [0.25, 0.3) is 0 Å². The van der Waals surface area contributed by atoms with Crippen LogP contribution in [-0.2, 0) is 15.3 Å². The third-order valence-corrected chi connectivity index (χ3v) is 2.68. The highest BCUT2D eigenvalue weighted by Gasteiger charge is 2.16. The molecule has 0 aromatic carbocycles. The first kappa shape index (κ1) is 12.5. The average molecular weight is 245 g/mol.